The van der Waals surface area contributed by atoms with Crippen LogP contribution in [0.15, 0.2) is 0 Å². The summed E-state index contributed by atoms with van der Waals surface area (Å²) in [5, 5.41) is 0. The fourth-order valence-corrected chi connectivity index (χ4v) is 1.18. The molecule has 0 aliphatic rings. The van der Waals surface area contributed by atoms with E-state index in [9.17, 15) is 0 Å². The van der Waals surface area contributed by atoms with Gasteiger partial charge in [-0.2, -0.15) is 0 Å². The van der Waals surface area contributed by atoms with Crippen LogP contribution in [0.3, 0.4) is 0 Å². The maximum atomic E-state index is 5.20. The second-order valence-electron chi connectivity index (χ2n) is 3.92. The third-order valence-electron chi connectivity index (χ3n) is 2.15. The molecule has 0 heterocycles. The Labute approximate surface area is 141 Å². The molecule has 19 heteroatoms. The van der Waals surface area contributed by atoms with E-state index in [-0.39, 0.29) is 0 Å². The topological polar surface area (TPSA) is 0 Å². The molecule has 0 nitrogen and oxygen atoms in total. The van der Waals surface area contributed by atoms with E-state index in [1.165, 1.54) is 6.69 Å². The Balaban J connectivity index is 3.85. The van der Waals surface area contributed by atoms with Crippen LogP contribution in [0.5, 0.6) is 0 Å². The molecule has 70 valence electrons. The molecule has 2 radical (unpaired) electrons. The summed E-state index contributed by atoms with van der Waals surface area (Å²) < 4.78 is 0. The Morgan fingerprint density at radius 1 is 0.476 bits per heavy atom. The van der Waals surface area contributed by atoms with Crippen molar-refractivity contribution < 1.29 is 0 Å². The van der Waals surface area contributed by atoms with Crippen LogP contribution < -0.4 is 0 Å². The van der Waals surface area contributed by atoms with Crippen molar-refractivity contribution in [3.05, 3.63) is 0 Å². The summed E-state index contributed by atoms with van der Waals surface area (Å²) in [5.74, 6) is 0. The zero-order chi connectivity index (χ0) is 15.4. The van der Waals surface area contributed by atoms with Crippen LogP contribution >= 0.6 is 0 Å². The Morgan fingerprint density at radius 3 is 1.05 bits per heavy atom. The van der Waals surface area contributed by atoms with E-state index in [0.717, 1.165) is 6.32 Å². The van der Waals surface area contributed by atoms with Gasteiger partial charge in [-0.15, -0.1) is 0 Å². The predicted octanol–water partition coefficient (Wildman–Crippen LogP) is -6.26. The van der Waals surface area contributed by atoms with Crippen molar-refractivity contribution in [3.8, 4) is 0 Å². The van der Waals surface area contributed by atoms with Crippen LogP contribution in [0.25, 0.3) is 0 Å². The first-order valence-corrected chi connectivity index (χ1v) is 7.12. The molecule has 0 aromatic carbocycles. The van der Waals surface area contributed by atoms with Crippen LogP contribution in [-0.4, -0.2) is 128 Å². The van der Waals surface area contributed by atoms with Gasteiger partial charge in [0.15, 0.2) is 0 Å². The van der Waals surface area contributed by atoms with Gasteiger partial charge in [0.2, 0.25) is 0 Å². The number of rotatable bonds is 9. The molecule has 0 aliphatic carbocycles. The molecule has 0 amide bonds. The molecular formula is C2H5B19. The SMILES string of the molecule is [B]B=BB=BB=BB=BB=BB=BB=BB=BB=BCC. The monoisotopic (exact) mass is 238 g/mol. The minimum atomic E-state index is 1.07. The van der Waals surface area contributed by atoms with Gasteiger partial charge in [-0.3, -0.25) is 0 Å². The third-order valence-corrected chi connectivity index (χ3v) is 2.15. The van der Waals surface area contributed by atoms with Gasteiger partial charge in [-0.1, -0.05) is 0 Å². The van der Waals surface area contributed by atoms with Gasteiger partial charge in [0.1, 0.15) is 0 Å². The molecule has 0 fully saturated rings. The Bertz CT molecular complexity index is 482. The standard InChI is InChI=1S/C2H5B19/c1-2-4-6-8-10-12-14-16-18-20-21-19-17-15-13-11-9-7-5-3/h2H2,1H3. The van der Waals surface area contributed by atoms with Crippen molar-refractivity contribution in [1.82, 2.24) is 0 Å². The molecule has 0 saturated heterocycles. The van der Waals surface area contributed by atoms with Crippen LogP contribution in [0.4, 0.5) is 0 Å². The maximum absolute atomic E-state index is 5.20. The molecule has 0 bridgehead atoms. The second-order valence-corrected chi connectivity index (χ2v) is 3.92. The summed E-state index contributed by atoms with van der Waals surface area (Å²) in [6.07, 6.45) is 1.07. The van der Waals surface area contributed by atoms with Gasteiger partial charge in [0.25, 0.3) is 0 Å². The summed E-state index contributed by atoms with van der Waals surface area (Å²) >= 11 is 0. The second kappa shape index (κ2) is 21.2. The summed E-state index contributed by atoms with van der Waals surface area (Å²) in [6.45, 7) is 37.2. The van der Waals surface area contributed by atoms with E-state index in [2.05, 4.69) is 13.7 Å². The molecule has 0 saturated carbocycles. The van der Waals surface area contributed by atoms with E-state index in [0.29, 0.717) is 0 Å². The molecule has 0 aromatic heterocycles. The van der Waals surface area contributed by atoms with Crippen molar-refractivity contribution >= 4 is 128 Å². The molecular weight excluding hydrogens is 229 g/mol. The van der Waals surface area contributed by atoms with Gasteiger partial charge < -0.3 is 0 Å². The summed E-state index contributed by atoms with van der Waals surface area (Å²) in [7, 11) is 5.20. The quantitative estimate of drug-likeness (QED) is 0.348. The van der Waals surface area contributed by atoms with E-state index in [4.69, 9.17) is 7.74 Å². The zero-order valence-electron chi connectivity index (χ0n) is 12.7. The van der Waals surface area contributed by atoms with Crippen LogP contribution in [0, 0.1) is 0 Å². The summed E-state index contributed by atoms with van der Waals surface area (Å²) in [6, 6.07) is 0. The zero-order valence-corrected chi connectivity index (χ0v) is 12.7. The first-order valence-electron chi connectivity index (χ1n) is 7.12. The summed E-state index contributed by atoms with van der Waals surface area (Å²) in [5.41, 5.74) is 0. The molecule has 0 spiro atoms. The predicted molar refractivity (Wildman–Crippen MR) is 120 cm³/mol. The number of hydrogen-bond donors (Lipinski definition) is 0. The van der Waals surface area contributed by atoms with E-state index in [1.807, 2.05) is 100 Å². The van der Waals surface area contributed by atoms with Gasteiger partial charge in [-0.25, -0.2) is 0 Å². The molecule has 0 unspecified atom stereocenters. The average Bonchev–Trinajstić information content (AvgIpc) is 2.50. The van der Waals surface area contributed by atoms with Gasteiger partial charge in [0.05, 0.1) is 0 Å². The average molecular weight is 234 g/mol. The van der Waals surface area contributed by atoms with Crippen molar-refractivity contribution in [2.45, 2.75) is 13.2 Å². The van der Waals surface area contributed by atoms with Crippen molar-refractivity contribution in [2.75, 3.05) is 0 Å². The molecule has 0 aliphatic heterocycles. The fourth-order valence-electron chi connectivity index (χ4n) is 1.18. The Hall–Kier alpha value is 1.23. The van der Waals surface area contributed by atoms with E-state index < -0.39 is 0 Å². The van der Waals surface area contributed by atoms with Crippen LogP contribution in [-0.2, 0) is 0 Å². The first kappa shape index (κ1) is 22.2. The molecule has 0 rings (SSSR count). The first-order chi connectivity index (χ1) is 10.4. The van der Waals surface area contributed by atoms with Gasteiger partial charge >= 0.3 is 142 Å². The Kier molecular flexibility index (Phi) is 22.5. The van der Waals surface area contributed by atoms with Gasteiger partial charge in [-0.05, 0) is 0 Å². The molecule has 0 N–H and O–H groups in total. The number of hydrogen-bond acceptors (Lipinski definition) is 0. The van der Waals surface area contributed by atoms with Crippen LogP contribution in [0.2, 0.25) is 6.32 Å². The fraction of sp³-hybridized carbons (Fsp3) is 1.00. The van der Waals surface area contributed by atoms with Crippen molar-refractivity contribution in [1.29, 1.82) is 0 Å². The van der Waals surface area contributed by atoms with Gasteiger partial charge in [0, 0.05) is 0 Å². The normalized spacial score (nSPS) is 7.67. The van der Waals surface area contributed by atoms with Crippen molar-refractivity contribution in [3.63, 3.8) is 0 Å². The molecule has 0 aromatic rings. The molecule has 21 heavy (non-hydrogen) atoms. The van der Waals surface area contributed by atoms with Crippen molar-refractivity contribution in [2.24, 2.45) is 0 Å². The Morgan fingerprint density at radius 2 is 0.762 bits per heavy atom. The van der Waals surface area contributed by atoms with Crippen LogP contribution in [0.1, 0.15) is 6.92 Å². The molecule has 0 atom stereocenters. The summed E-state index contributed by atoms with van der Waals surface area (Å²) in [4.78, 5) is 0. The van der Waals surface area contributed by atoms with E-state index in [1.54, 1.807) is 6.69 Å². The van der Waals surface area contributed by atoms with E-state index >= 15 is 0 Å². The third kappa shape index (κ3) is 21.2. The minimum absolute atomic E-state index is 1.07.